The molecule has 4 heteroatoms. The minimum Gasteiger partial charge on any atom is -0.355 e. The first-order valence-electron chi connectivity index (χ1n) is 2.70. The monoisotopic (exact) mass is 175 g/mol. The third kappa shape index (κ3) is 1.30. The average Bonchev–Trinajstić information content (AvgIpc) is 2.34. The number of hydrogen-bond donors (Lipinski definition) is 1. The van der Waals surface area contributed by atoms with Crippen LogP contribution >= 0.6 is 22.9 Å². The molecule has 10 heavy (non-hydrogen) atoms. The Bertz CT molecular complexity index is 246. The van der Waals surface area contributed by atoms with Gasteiger partial charge in [-0.1, -0.05) is 11.6 Å². The lowest BCUT2D eigenvalue weighted by Crippen LogP contribution is -2.17. The molecular formula is C6H6ClNOS. The first kappa shape index (κ1) is 7.57. The third-order valence-corrected chi connectivity index (χ3v) is 2.26. The zero-order chi connectivity index (χ0) is 7.56. The fraction of sp³-hybridized carbons (Fsp3) is 0.167. The van der Waals surface area contributed by atoms with E-state index in [1.54, 1.807) is 18.5 Å². The van der Waals surface area contributed by atoms with Crippen LogP contribution in [0, 0.1) is 0 Å². The van der Waals surface area contributed by atoms with Gasteiger partial charge < -0.3 is 5.32 Å². The number of thiophene rings is 1. The van der Waals surface area contributed by atoms with Crippen LogP contribution in [-0.4, -0.2) is 13.0 Å². The molecule has 0 atom stereocenters. The molecule has 0 saturated heterocycles. The highest BCUT2D eigenvalue weighted by atomic mass is 35.5. The van der Waals surface area contributed by atoms with Gasteiger partial charge in [0.15, 0.2) is 0 Å². The molecule has 1 amide bonds. The lowest BCUT2D eigenvalue weighted by Gasteiger charge is -1.93. The normalized spacial score (nSPS) is 9.40. The van der Waals surface area contributed by atoms with E-state index >= 15 is 0 Å². The van der Waals surface area contributed by atoms with Crippen molar-refractivity contribution in [2.24, 2.45) is 0 Å². The molecule has 0 unspecified atom stereocenters. The highest BCUT2D eigenvalue weighted by Gasteiger charge is 2.07. The van der Waals surface area contributed by atoms with Crippen molar-refractivity contribution in [1.29, 1.82) is 0 Å². The van der Waals surface area contributed by atoms with Crippen molar-refractivity contribution in [3.05, 3.63) is 21.3 Å². The lowest BCUT2D eigenvalue weighted by atomic mass is 10.3. The largest absolute Gasteiger partial charge is 0.355 e. The van der Waals surface area contributed by atoms with Gasteiger partial charge in [0.2, 0.25) is 0 Å². The Labute approximate surface area is 67.8 Å². The number of carbonyl (C=O) groups is 1. The molecule has 0 spiro atoms. The molecule has 1 rings (SSSR count). The van der Waals surface area contributed by atoms with Gasteiger partial charge in [0.05, 0.1) is 5.56 Å². The Hall–Kier alpha value is -0.540. The Morgan fingerprint density at radius 3 is 2.90 bits per heavy atom. The van der Waals surface area contributed by atoms with E-state index in [2.05, 4.69) is 5.32 Å². The van der Waals surface area contributed by atoms with Gasteiger partial charge >= 0.3 is 0 Å². The number of halogens is 1. The average molecular weight is 176 g/mol. The van der Waals surface area contributed by atoms with Crippen LogP contribution in [0.1, 0.15) is 10.4 Å². The molecule has 54 valence electrons. The SMILES string of the molecule is CNC(=O)c1ccsc1Cl. The smallest absolute Gasteiger partial charge is 0.253 e. The van der Waals surface area contributed by atoms with Crippen LogP contribution in [0.25, 0.3) is 0 Å². The van der Waals surface area contributed by atoms with Crippen molar-refractivity contribution < 1.29 is 4.79 Å². The maximum atomic E-state index is 10.9. The summed E-state index contributed by atoms with van der Waals surface area (Å²) in [6.45, 7) is 0. The second kappa shape index (κ2) is 3.03. The predicted octanol–water partition coefficient (Wildman–Crippen LogP) is 1.76. The molecule has 1 heterocycles. The van der Waals surface area contributed by atoms with Gasteiger partial charge in [-0.2, -0.15) is 0 Å². The van der Waals surface area contributed by atoms with Crippen LogP contribution in [0.5, 0.6) is 0 Å². The number of nitrogens with one attached hydrogen (secondary N) is 1. The number of rotatable bonds is 1. The van der Waals surface area contributed by atoms with E-state index in [-0.39, 0.29) is 5.91 Å². The lowest BCUT2D eigenvalue weighted by molar-refractivity contribution is 0.0963. The molecule has 0 saturated carbocycles. The maximum absolute atomic E-state index is 10.9. The van der Waals surface area contributed by atoms with Crippen molar-refractivity contribution >= 4 is 28.8 Å². The van der Waals surface area contributed by atoms with Crippen LogP contribution in [0.4, 0.5) is 0 Å². The molecule has 2 nitrogen and oxygen atoms in total. The van der Waals surface area contributed by atoms with E-state index in [1.165, 1.54) is 11.3 Å². The summed E-state index contributed by atoms with van der Waals surface area (Å²) >= 11 is 7.02. The van der Waals surface area contributed by atoms with Crippen molar-refractivity contribution in [3.63, 3.8) is 0 Å². The summed E-state index contributed by atoms with van der Waals surface area (Å²) in [4.78, 5) is 10.9. The number of carbonyl (C=O) groups excluding carboxylic acids is 1. The van der Waals surface area contributed by atoms with Gasteiger partial charge in [-0.3, -0.25) is 4.79 Å². The van der Waals surface area contributed by atoms with Crippen molar-refractivity contribution in [1.82, 2.24) is 5.32 Å². The predicted molar refractivity (Wildman–Crippen MR) is 42.7 cm³/mol. The summed E-state index contributed by atoms with van der Waals surface area (Å²) < 4.78 is 0.541. The van der Waals surface area contributed by atoms with Crippen LogP contribution in [0.15, 0.2) is 11.4 Å². The van der Waals surface area contributed by atoms with E-state index in [0.717, 1.165) is 0 Å². The Balaban J connectivity index is 2.93. The van der Waals surface area contributed by atoms with E-state index in [0.29, 0.717) is 9.90 Å². The molecule has 1 aromatic heterocycles. The Morgan fingerprint density at radius 1 is 1.80 bits per heavy atom. The molecule has 1 N–H and O–H groups in total. The van der Waals surface area contributed by atoms with Gasteiger partial charge in [0, 0.05) is 7.05 Å². The zero-order valence-corrected chi connectivity index (χ0v) is 6.92. The second-order valence-electron chi connectivity index (χ2n) is 1.69. The topological polar surface area (TPSA) is 29.1 Å². The summed E-state index contributed by atoms with van der Waals surface area (Å²) in [5.74, 6) is -0.133. The highest BCUT2D eigenvalue weighted by Crippen LogP contribution is 2.21. The van der Waals surface area contributed by atoms with E-state index < -0.39 is 0 Å². The van der Waals surface area contributed by atoms with Crippen molar-refractivity contribution in [2.45, 2.75) is 0 Å². The second-order valence-corrected chi connectivity index (χ2v) is 3.21. The fourth-order valence-corrected chi connectivity index (χ4v) is 1.50. The first-order valence-corrected chi connectivity index (χ1v) is 3.96. The van der Waals surface area contributed by atoms with Gasteiger partial charge in [-0.25, -0.2) is 0 Å². The van der Waals surface area contributed by atoms with E-state index in [9.17, 15) is 4.79 Å². The maximum Gasteiger partial charge on any atom is 0.253 e. The quantitative estimate of drug-likeness (QED) is 0.693. The molecule has 0 aromatic carbocycles. The Kier molecular flexibility index (Phi) is 2.29. The summed E-state index contributed by atoms with van der Waals surface area (Å²) in [7, 11) is 1.58. The summed E-state index contributed by atoms with van der Waals surface area (Å²) in [6, 6.07) is 1.70. The molecule has 0 bridgehead atoms. The first-order chi connectivity index (χ1) is 4.75. The fourth-order valence-electron chi connectivity index (χ4n) is 0.590. The van der Waals surface area contributed by atoms with Crippen molar-refractivity contribution in [2.75, 3.05) is 7.05 Å². The van der Waals surface area contributed by atoms with Crippen LogP contribution < -0.4 is 5.32 Å². The Morgan fingerprint density at radius 2 is 2.50 bits per heavy atom. The minimum atomic E-state index is -0.133. The van der Waals surface area contributed by atoms with E-state index in [1.807, 2.05) is 0 Å². The van der Waals surface area contributed by atoms with Crippen LogP contribution in [-0.2, 0) is 0 Å². The summed E-state index contributed by atoms with van der Waals surface area (Å²) in [5, 5.41) is 4.28. The minimum absolute atomic E-state index is 0.133. The number of amides is 1. The van der Waals surface area contributed by atoms with Gasteiger partial charge in [-0.05, 0) is 11.4 Å². The zero-order valence-electron chi connectivity index (χ0n) is 5.35. The highest BCUT2D eigenvalue weighted by molar-refractivity contribution is 7.14. The number of hydrogen-bond acceptors (Lipinski definition) is 2. The van der Waals surface area contributed by atoms with Gasteiger partial charge in [0.25, 0.3) is 5.91 Å². The van der Waals surface area contributed by atoms with Crippen LogP contribution in [0.3, 0.4) is 0 Å². The van der Waals surface area contributed by atoms with Crippen molar-refractivity contribution in [3.8, 4) is 0 Å². The molecule has 0 aliphatic heterocycles. The molecule has 0 fully saturated rings. The van der Waals surface area contributed by atoms with E-state index in [4.69, 9.17) is 11.6 Å². The molecular weight excluding hydrogens is 170 g/mol. The third-order valence-electron chi connectivity index (χ3n) is 1.09. The van der Waals surface area contributed by atoms with Crippen LogP contribution in [0.2, 0.25) is 4.34 Å². The molecule has 0 radical (unpaired) electrons. The summed E-state index contributed by atoms with van der Waals surface area (Å²) in [5.41, 5.74) is 0.550. The van der Waals surface area contributed by atoms with Gasteiger partial charge in [-0.15, -0.1) is 11.3 Å². The standard InChI is InChI=1S/C6H6ClNOS/c1-8-6(9)4-2-3-10-5(4)7/h2-3H,1H3,(H,8,9). The summed E-state index contributed by atoms with van der Waals surface area (Å²) in [6.07, 6.45) is 0. The van der Waals surface area contributed by atoms with Gasteiger partial charge in [0.1, 0.15) is 4.34 Å². The molecule has 0 aliphatic carbocycles. The molecule has 1 aromatic rings. The molecule has 0 aliphatic rings.